The molecule has 2 nitrogen and oxygen atoms in total. The van der Waals surface area contributed by atoms with E-state index in [1.807, 2.05) is 46.0 Å². The summed E-state index contributed by atoms with van der Waals surface area (Å²) < 4.78 is 2.10. The van der Waals surface area contributed by atoms with Crippen LogP contribution in [0.2, 0.25) is 0 Å². The highest BCUT2D eigenvalue weighted by molar-refractivity contribution is 5.84. The van der Waals surface area contributed by atoms with Crippen molar-refractivity contribution in [3.63, 3.8) is 0 Å². The molecule has 0 aliphatic rings. The highest BCUT2D eigenvalue weighted by atomic mass is 15.1. The summed E-state index contributed by atoms with van der Waals surface area (Å²) in [5.41, 5.74) is 4.18. The first-order valence-electron chi connectivity index (χ1n) is 6.38. The summed E-state index contributed by atoms with van der Waals surface area (Å²) in [5.74, 6) is 0.977. The van der Waals surface area contributed by atoms with Gasteiger partial charge in [0, 0.05) is 12.6 Å². The molecule has 0 fully saturated rings. The average Bonchev–Trinajstić information content (AvgIpc) is 2.69. The summed E-state index contributed by atoms with van der Waals surface area (Å²) in [4.78, 5) is 4.65. The maximum Gasteiger partial charge on any atom is 0.106 e. The van der Waals surface area contributed by atoms with Crippen molar-refractivity contribution in [1.82, 2.24) is 9.55 Å². The van der Waals surface area contributed by atoms with E-state index in [1.54, 1.807) is 6.08 Å². The smallest absolute Gasteiger partial charge is 0.106 e. The Bertz CT molecular complexity index is 566. The zero-order chi connectivity index (χ0) is 14.4. The molecule has 1 rings (SSSR count). The summed E-state index contributed by atoms with van der Waals surface area (Å²) in [6, 6.07) is 0. The molecule has 0 saturated carbocycles. The number of aryl methyl sites for hydroxylation is 1. The molecule has 0 spiro atoms. The molecule has 0 atom stereocenters. The van der Waals surface area contributed by atoms with E-state index in [9.17, 15) is 0 Å². The van der Waals surface area contributed by atoms with Crippen LogP contribution in [0.1, 0.15) is 31.1 Å². The van der Waals surface area contributed by atoms with Crippen molar-refractivity contribution in [3.05, 3.63) is 66.8 Å². The van der Waals surface area contributed by atoms with Crippen LogP contribution in [0, 0.1) is 6.92 Å². The average molecular weight is 254 g/mol. The minimum atomic E-state index is 0.945. The van der Waals surface area contributed by atoms with Crippen LogP contribution in [0.3, 0.4) is 0 Å². The lowest BCUT2D eigenvalue weighted by Crippen LogP contribution is -1.98. The second kappa shape index (κ2) is 6.74. The molecule has 1 aromatic rings. The number of aromatic nitrogens is 2. The highest BCUT2D eigenvalue weighted by Gasteiger charge is 2.16. The van der Waals surface area contributed by atoms with Gasteiger partial charge in [0.2, 0.25) is 0 Å². The molecule has 19 heavy (non-hydrogen) atoms. The molecular formula is C17H22N2. The predicted octanol–water partition coefficient (Wildman–Crippen LogP) is 4.46. The van der Waals surface area contributed by atoms with Crippen LogP contribution < -0.4 is 0 Å². The standard InChI is InChI=1S/C17H22N2/c1-7-11-14(9-3)16-17(15(10-4)12-8-2)19(6)13(5)18-16/h7-12H,1,3H2,2,4-6H3/b12-8-,14-11+,15-10+. The topological polar surface area (TPSA) is 17.8 Å². The van der Waals surface area contributed by atoms with Crippen molar-refractivity contribution in [2.24, 2.45) is 7.05 Å². The minimum Gasteiger partial charge on any atom is -0.331 e. The summed E-state index contributed by atoms with van der Waals surface area (Å²) in [6.07, 6.45) is 11.7. The van der Waals surface area contributed by atoms with E-state index < -0.39 is 0 Å². The van der Waals surface area contributed by atoms with E-state index in [-0.39, 0.29) is 0 Å². The minimum absolute atomic E-state index is 0.945. The van der Waals surface area contributed by atoms with Gasteiger partial charge in [-0.2, -0.15) is 0 Å². The Morgan fingerprint density at radius 2 is 1.89 bits per heavy atom. The van der Waals surface area contributed by atoms with Crippen molar-refractivity contribution in [2.45, 2.75) is 20.8 Å². The fraction of sp³-hybridized carbons (Fsp3) is 0.235. The van der Waals surface area contributed by atoms with E-state index in [0.717, 1.165) is 28.4 Å². The Kier molecular flexibility index (Phi) is 5.31. The van der Waals surface area contributed by atoms with E-state index in [4.69, 9.17) is 0 Å². The fourth-order valence-electron chi connectivity index (χ4n) is 2.00. The summed E-state index contributed by atoms with van der Waals surface area (Å²) in [5, 5.41) is 0. The summed E-state index contributed by atoms with van der Waals surface area (Å²) in [6.45, 7) is 13.7. The zero-order valence-electron chi connectivity index (χ0n) is 12.3. The molecule has 100 valence electrons. The molecule has 1 heterocycles. The highest BCUT2D eigenvalue weighted by Crippen LogP contribution is 2.27. The molecule has 0 radical (unpaired) electrons. The van der Waals surface area contributed by atoms with Crippen molar-refractivity contribution < 1.29 is 0 Å². The normalized spacial score (nSPS) is 13.1. The number of allylic oxidation sites excluding steroid dienone is 8. The Labute approximate surface area is 116 Å². The number of imidazole rings is 1. The van der Waals surface area contributed by atoms with Crippen molar-refractivity contribution in [3.8, 4) is 0 Å². The molecule has 0 saturated heterocycles. The first-order chi connectivity index (χ1) is 9.10. The first-order valence-corrected chi connectivity index (χ1v) is 6.38. The van der Waals surface area contributed by atoms with Gasteiger partial charge in [0.15, 0.2) is 0 Å². The van der Waals surface area contributed by atoms with Gasteiger partial charge >= 0.3 is 0 Å². The van der Waals surface area contributed by atoms with Crippen molar-refractivity contribution >= 4 is 11.1 Å². The largest absolute Gasteiger partial charge is 0.331 e. The van der Waals surface area contributed by atoms with Gasteiger partial charge in [-0.05, 0) is 26.3 Å². The van der Waals surface area contributed by atoms with Crippen LogP contribution in [0.25, 0.3) is 11.1 Å². The van der Waals surface area contributed by atoms with Gasteiger partial charge in [-0.1, -0.05) is 49.6 Å². The van der Waals surface area contributed by atoms with Crippen LogP contribution >= 0.6 is 0 Å². The Morgan fingerprint density at radius 1 is 1.21 bits per heavy atom. The molecule has 2 heteroatoms. The lowest BCUT2D eigenvalue weighted by atomic mass is 10.0. The second-order valence-electron chi connectivity index (χ2n) is 4.22. The lowest BCUT2D eigenvalue weighted by molar-refractivity contribution is 0.846. The third-order valence-electron chi connectivity index (χ3n) is 3.04. The van der Waals surface area contributed by atoms with Gasteiger partial charge in [-0.15, -0.1) is 0 Å². The molecule has 0 aliphatic carbocycles. The van der Waals surface area contributed by atoms with Crippen LogP contribution in [0.5, 0.6) is 0 Å². The quantitative estimate of drug-likeness (QED) is 0.709. The van der Waals surface area contributed by atoms with Crippen molar-refractivity contribution in [2.75, 3.05) is 0 Å². The monoisotopic (exact) mass is 254 g/mol. The SMILES string of the molecule is C=C/C=C(\C=C)c1nc(C)n(C)c1C(/C=C\C)=C/C. The lowest BCUT2D eigenvalue weighted by Gasteiger charge is -2.08. The van der Waals surface area contributed by atoms with Gasteiger partial charge in [0.05, 0.1) is 11.4 Å². The number of hydrogen-bond donors (Lipinski definition) is 0. The van der Waals surface area contributed by atoms with Gasteiger partial charge in [0.1, 0.15) is 5.82 Å². The molecule has 0 N–H and O–H groups in total. The number of nitrogens with zero attached hydrogens (tertiary/aromatic N) is 2. The number of hydrogen-bond acceptors (Lipinski definition) is 1. The Hall–Kier alpha value is -2.09. The van der Waals surface area contributed by atoms with E-state index in [0.29, 0.717) is 0 Å². The molecule has 0 unspecified atom stereocenters. The third kappa shape index (κ3) is 3.02. The zero-order valence-corrected chi connectivity index (χ0v) is 12.3. The van der Waals surface area contributed by atoms with Crippen LogP contribution in [-0.2, 0) is 7.05 Å². The molecule has 0 amide bonds. The second-order valence-corrected chi connectivity index (χ2v) is 4.22. The van der Waals surface area contributed by atoms with E-state index >= 15 is 0 Å². The number of rotatable bonds is 5. The van der Waals surface area contributed by atoms with Gasteiger partial charge in [-0.25, -0.2) is 4.98 Å². The maximum absolute atomic E-state index is 4.65. The third-order valence-corrected chi connectivity index (χ3v) is 3.04. The van der Waals surface area contributed by atoms with Crippen LogP contribution in [0.15, 0.2) is 49.6 Å². The van der Waals surface area contributed by atoms with Crippen molar-refractivity contribution in [1.29, 1.82) is 0 Å². The maximum atomic E-state index is 4.65. The van der Waals surface area contributed by atoms with E-state index in [1.165, 1.54) is 0 Å². The Morgan fingerprint density at radius 3 is 2.37 bits per heavy atom. The predicted molar refractivity (Wildman–Crippen MR) is 84.8 cm³/mol. The molecule has 0 bridgehead atoms. The first kappa shape index (κ1) is 15.0. The molecule has 0 aromatic carbocycles. The Balaban J connectivity index is 3.59. The van der Waals surface area contributed by atoms with Crippen LogP contribution in [0.4, 0.5) is 0 Å². The van der Waals surface area contributed by atoms with Crippen LogP contribution in [-0.4, -0.2) is 9.55 Å². The molecule has 0 aliphatic heterocycles. The summed E-state index contributed by atoms with van der Waals surface area (Å²) in [7, 11) is 2.03. The molecular weight excluding hydrogens is 232 g/mol. The van der Waals surface area contributed by atoms with Gasteiger partial charge in [-0.3, -0.25) is 0 Å². The van der Waals surface area contributed by atoms with E-state index in [2.05, 4.69) is 34.9 Å². The van der Waals surface area contributed by atoms with Gasteiger partial charge in [0.25, 0.3) is 0 Å². The fourth-order valence-corrected chi connectivity index (χ4v) is 2.00. The molecule has 1 aromatic heterocycles. The summed E-state index contributed by atoms with van der Waals surface area (Å²) >= 11 is 0. The van der Waals surface area contributed by atoms with Gasteiger partial charge < -0.3 is 4.57 Å².